The van der Waals surface area contributed by atoms with Gasteiger partial charge in [-0.2, -0.15) is 0 Å². The van der Waals surface area contributed by atoms with Crippen LogP contribution >= 0.6 is 0 Å². The molecule has 0 aromatic heterocycles. The highest BCUT2D eigenvalue weighted by Crippen LogP contribution is 2.45. The van der Waals surface area contributed by atoms with E-state index in [-0.39, 0.29) is 12.6 Å². The van der Waals surface area contributed by atoms with Crippen LogP contribution in [0.15, 0.2) is 0 Å². The van der Waals surface area contributed by atoms with Gasteiger partial charge in [0, 0.05) is 20.0 Å². The van der Waals surface area contributed by atoms with E-state index >= 15 is 0 Å². The molecule has 2 rings (SSSR count). The Balaban J connectivity index is 2.22. The number of carbonyl (C=O) groups is 2. The molecule has 222 valence electrons. The Kier molecular flexibility index (Phi) is 12.7. The van der Waals surface area contributed by atoms with Crippen LogP contribution in [-0.2, 0) is 28.5 Å². The SMILES string of the molecule is COC(=O)CCCCCCCCO[C@H]1O[C@H](CO)[C@H](O)[C@H](O)[C@]1(NC(C)=O)[C@]1(O)[C@@H](O)CO[C@H](CO)[C@@H]1O. The van der Waals surface area contributed by atoms with Gasteiger partial charge in [-0.3, -0.25) is 9.59 Å². The minimum Gasteiger partial charge on any atom is -0.469 e. The molecule has 2 heterocycles. The molecule has 2 fully saturated rings. The molecule has 0 spiro atoms. The number of ether oxygens (including phenoxy) is 4. The molecule has 2 saturated heterocycles. The Hall–Kier alpha value is -1.46. The maximum Gasteiger partial charge on any atom is 0.305 e. The maximum atomic E-state index is 12.3. The monoisotopic (exact) mass is 553 g/mol. The van der Waals surface area contributed by atoms with Crippen molar-refractivity contribution in [2.75, 3.05) is 33.5 Å². The van der Waals surface area contributed by atoms with Gasteiger partial charge in [0.05, 0.1) is 26.9 Å². The average Bonchev–Trinajstić information content (AvgIpc) is 2.89. The average molecular weight is 554 g/mol. The molecule has 0 saturated carbocycles. The van der Waals surface area contributed by atoms with Crippen molar-refractivity contribution in [3.63, 3.8) is 0 Å². The molecule has 0 bridgehead atoms. The van der Waals surface area contributed by atoms with E-state index in [4.69, 9.17) is 14.2 Å². The van der Waals surface area contributed by atoms with E-state index in [2.05, 4.69) is 10.1 Å². The summed E-state index contributed by atoms with van der Waals surface area (Å²) in [6, 6.07) is 0. The van der Waals surface area contributed by atoms with Crippen molar-refractivity contribution >= 4 is 11.9 Å². The molecule has 0 aromatic carbocycles. The van der Waals surface area contributed by atoms with Crippen molar-refractivity contribution in [2.24, 2.45) is 0 Å². The van der Waals surface area contributed by atoms with Gasteiger partial charge in [-0.15, -0.1) is 0 Å². The smallest absolute Gasteiger partial charge is 0.305 e. The summed E-state index contributed by atoms with van der Waals surface area (Å²) in [5, 5.41) is 77.2. The van der Waals surface area contributed by atoms with Crippen LogP contribution < -0.4 is 5.32 Å². The highest BCUT2D eigenvalue weighted by Gasteiger charge is 2.73. The Morgan fingerprint density at radius 1 is 0.947 bits per heavy atom. The molecule has 2 aliphatic heterocycles. The number of carbonyl (C=O) groups excluding carboxylic acids is 2. The van der Waals surface area contributed by atoms with E-state index in [9.17, 15) is 45.3 Å². The fourth-order valence-corrected chi connectivity index (χ4v) is 5.19. The molecule has 0 unspecified atom stereocenters. The number of hydrogen-bond donors (Lipinski definition) is 8. The topological polar surface area (TPSA) is 225 Å². The molecule has 0 aromatic rings. The van der Waals surface area contributed by atoms with Crippen molar-refractivity contribution < 1.29 is 64.3 Å². The zero-order valence-corrected chi connectivity index (χ0v) is 21.9. The third kappa shape index (κ3) is 6.81. The fraction of sp³-hybridized carbons (Fsp3) is 0.917. The van der Waals surface area contributed by atoms with Crippen LogP contribution in [0.1, 0.15) is 51.9 Å². The number of amides is 1. The van der Waals surface area contributed by atoms with E-state index in [1.807, 2.05) is 0 Å². The van der Waals surface area contributed by atoms with Gasteiger partial charge in [0.15, 0.2) is 17.4 Å². The molecule has 9 atom stereocenters. The second kappa shape index (κ2) is 14.8. The summed E-state index contributed by atoms with van der Waals surface area (Å²) >= 11 is 0. The summed E-state index contributed by atoms with van der Waals surface area (Å²) < 4.78 is 21.3. The Morgan fingerprint density at radius 2 is 1.55 bits per heavy atom. The molecule has 8 N–H and O–H groups in total. The molecule has 2 aliphatic rings. The summed E-state index contributed by atoms with van der Waals surface area (Å²) in [4.78, 5) is 23.5. The number of nitrogens with one attached hydrogen (secondary N) is 1. The van der Waals surface area contributed by atoms with Crippen LogP contribution in [0.25, 0.3) is 0 Å². The van der Waals surface area contributed by atoms with E-state index < -0.39 is 79.8 Å². The number of rotatable bonds is 14. The van der Waals surface area contributed by atoms with Crippen LogP contribution in [0.4, 0.5) is 0 Å². The van der Waals surface area contributed by atoms with Gasteiger partial charge in [0.25, 0.3) is 0 Å². The second-order valence-corrected chi connectivity index (χ2v) is 9.83. The summed E-state index contributed by atoms with van der Waals surface area (Å²) in [6.07, 6.45) is -7.67. The largest absolute Gasteiger partial charge is 0.469 e. The van der Waals surface area contributed by atoms with Gasteiger partial charge in [0.2, 0.25) is 5.91 Å². The predicted octanol–water partition coefficient (Wildman–Crippen LogP) is -2.94. The number of methoxy groups -OCH3 is 1. The number of aliphatic hydroxyl groups excluding tert-OH is 6. The van der Waals surface area contributed by atoms with E-state index in [0.29, 0.717) is 25.7 Å². The maximum absolute atomic E-state index is 12.3. The minimum atomic E-state index is -2.82. The third-order valence-electron chi connectivity index (χ3n) is 7.30. The molecule has 0 radical (unpaired) electrons. The number of unbranched alkanes of at least 4 members (excludes halogenated alkanes) is 5. The van der Waals surface area contributed by atoms with E-state index in [0.717, 1.165) is 26.2 Å². The van der Waals surface area contributed by atoms with Crippen molar-refractivity contribution in [3.05, 3.63) is 0 Å². The standard InChI is InChI=1S/C24H43NO13/c1-14(28)25-23(24(34)17(29)13-37-16(12-27)20(24)32)21(33)19(31)15(11-26)38-22(23)36-10-8-6-4-3-5-7-9-18(30)35-2/h15-17,19-22,26-27,29,31-34H,3-13H2,1-2H3,(H,25,28)/t15-,16-,17+,19+,20+,21+,22+,23-,24+/m1/s1. The van der Waals surface area contributed by atoms with Crippen LogP contribution in [0, 0.1) is 0 Å². The van der Waals surface area contributed by atoms with Gasteiger partial charge in [-0.25, -0.2) is 0 Å². The van der Waals surface area contributed by atoms with Crippen LogP contribution in [0.2, 0.25) is 0 Å². The van der Waals surface area contributed by atoms with Crippen LogP contribution in [0.3, 0.4) is 0 Å². The molecule has 38 heavy (non-hydrogen) atoms. The zero-order valence-electron chi connectivity index (χ0n) is 21.9. The Bertz CT molecular complexity index is 757. The number of esters is 1. The molecule has 14 heteroatoms. The Labute approximate surface area is 221 Å². The summed E-state index contributed by atoms with van der Waals surface area (Å²) in [6.45, 7) is -1.05. The lowest BCUT2D eigenvalue weighted by atomic mass is 9.63. The first-order valence-electron chi connectivity index (χ1n) is 12.9. The van der Waals surface area contributed by atoms with Gasteiger partial charge < -0.3 is 60.0 Å². The van der Waals surface area contributed by atoms with Crippen molar-refractivity contribution in [1.82, 2.24) is 5.32 Å². The first kappa shape index (κ1) is 32.8. The molecule has 1 amide bonds. The molecular formula is C24H43NO13. The molecule has 0 aliphatic carbocycles. The Morgan fingerprint density at radius 3 is 2.13 bits per heavy atom. The first-order valence-corrected chi connectivity index (χ1v) is 12.9. The number of aliphatic hydroxyl groups is 7. The van der Waals surface area contributed by atoms with Crippen molar-refractivity contribution in [2.45, 2.75) is 106 Å². The minimum absolute atomic E-state index is 0.00265. The second-order valence-electron chi connectivity index (χ2n) is 9.83. The normalized spacial score (nSPS) is 37.6. The summed E-state index contributed by atoms with van der Waals surface area (Å²) in [5.74, 6) is -1.07. The van der Waals surface area contributed by atoms with E-state index in [1.54, 1.807) is 0 Å². The van der Waals surface area contributed by atoms with Gasteiger partial charge in [-0.1, -0.05) is 25.7 Å². The summed E-state index contributed by atoms with van der Waals surface area (Å²) in [7, 11) is 1.34. The van der Waals surface area contributed by atoms with Crippen LogP contribution in [-0.4, -0.2) is 135 Å². The van der Waals surface area contributed by atoms with Crippen molar-refractivity contribution in [3.8, 4) is 0 Å². The van der Waals surface area contributed by atoms with Gasteiger partial charge in [-0.05, 0) is 12.8 Å². The predicted molar refractivity (Wildman–Crippen MR) is 128 cm³/mol. The van der Waals surface area contributed by atoms with Gasteiger partial charge in [0.1, 0.15) is 36.6 Å². The molecule has 14 nitrogen and oxygen atoms in total. The third-order valence-corrected chi connectivity index (χ3v) is 7.30. The zero-order chi connectivity index (χ0) is 28.5. The van der Waals surface area contributed by atoms with Gasteiger partial charge >= 0.3 is 5.97 Å². The summed E-state index contributed by atoms with van der Waals surface area (Å²) in [5.41, 5.74) is -5.36. The lowest BCUT2D eigenvalue weighted by Gasteiger charge is -2.61. The highest BCUT2D eigenvalue weighted by molar-refractivity contribution is 5.74. The van der Waals surface area contributed by atoms with Crippen molar-refractivity contribution in [1.29, 1.82) is 0 Å². The quantitative estimate of drug-likeness (QED) is 0.0797. The lowest BCUT2D eigenvalue weighted by Crippen LogP contribution is -2.88. The fourth-order valence-electron chi connectivity index (χ4n) is 5.19. The molecular weight excluding hydrogens is 510 g/mol. The lowest BCUT2D eigenvalue weighted by molar-refractivity contribution is -0.368. The van der Waals surface area contributed by atoms with Crippen LogP contribution in [0.5, 0.6) is 0 Å². The first-order chi connectivity index (χ1) is 18.0. The van der Waals surface area contributed by atoms with E-state index in [1.165, 1.54) is 7.11 Å². The number of hydrogen-bond acceptors (Lipinski definition) is 13. The highest BCUT2D eigenvalue weighted by atomic mass is 16.7.